The molecule has 6 rings (SSSR count). The van der Waals surface area contributed by atoms with E-state index in [1.807, 2.05) is 41.4 Å². The molecule has 1 aliphatic carbocycles. The van der Waals surface area contributed by atoms with Crippen molar-refractivity contribution in [3.05, 3.63) is 83.6 Å². The number of hydrogen-bond donors (Lipinski definition) is 0. The van der Waals surface area contributed by atoms with Gasteiger partial charge < -0.3 is 14.4 Å². The second-order valence-electron chi connectivity index (χ2n) is 9.56. The second kappa shape index (κ2) is 10.4. The van der Waals surface area contributed by atoms with Crippen LogP contribution in [-0.4, -0.2) is 91.2 Å². The third-order valence-electron chi connectivity index (χ3n) is 7.50. The van der Waals surface area contributed by atoms with Gasteiger partial charge in [-0.05, 0) is 23.8 Å². The van der Waals surface area contributed by atoms with Crippen LogP contribution in [0.15, 0.2) is 66.9 Å². The first-order valence-electron chi connectivity index (χ1n) is 12.9. The standard InChI is InChI=1S/C29H32N4O3/c34-29(24-8-3-4-10-26(24)36-21-18-31-16-19-35-20-17-31)33-14-12-32(13-15-33)28-23-7-2-1-6-22(23)27-25(28)9-5-11-30-27/h1-11,28H,12-21H2. The van der Waals surface area contributed by atoms with E-state index in [9.17, 15) is 4.79 Å². The van der Waals surface area contributed by atoms with Crippen LogP contribution in [0.5, 0.6) is 5.75 Å². The minimum Gasteiger partial charge on any atom is -0.491 e. The number of hydrogen-bond acceptors (Lipinski definition) is 6. The van der Waals surface area contributed by atoms with Crippen molar-refractivity contribution in [2.45, 2.75) is 6.04 Å². The van der Waals surface area contributed by atoms with Gasteiger partial charge in [-0.1, -0.05) is 42.5 Å². The van der Waals surface area contributed by atoms with Crippen molar-refractivity contribution in [3.8, 4) is 17.0 Å². The highest BCUT2D eigenvalue weighted by Crippen LogP contribution is 2.45. The van der Waals surface area contributed by atoms with Crippen molar-refractivity contribution >= 4 is 5.91 Å². The molecular formula is C29H32N4O3. The molecule has 1 amide bonds. The maximum Gasteiger partial charge on any atom is 0.257 e. The van der Waals surface area contributed by atoms with Gasteiger partial charge in [0.05, 0.1) is 30.5 Å². The monoisotopic (exact) mass is 484 g/mol. The fraction of sp³-hybridized carbons (Fsp3) is 0.379. The quantitative estimate of drug-likeness (QED) is 0.535. The summed E-state index contributed by atoms with van der Waals surface area (Å²) in [5, 5.41) is 0. The number of benzene rings is 2. The predicted octanol–water partition coefficient (Wildman–Crippen LogP) is 3.32. The SMILES string of the molecule is O=C(c1ccccc1OCCN1CCOCC1)N1CCN(C2c3ccccc3-c3ncccc32)CC1. The topological polar surface area (TPSA) is 58.1 Å². The summed E-state index contributed by atoms with van der Waals surface area (Å²) in [4.78, 5) is 25.0. The van der Waals surface area contributed by atoms with Crippen LogP contribution in [0, 0.1) is 0 Å². The van der Waals surface area contributed by atoms with Crippen LogP contribution in [0.25, 0.3) is 11.3 Å². The van der Waals surface area contributed by atoms with E-state index in [1.165, 1.54) is 16.7 Å². The molecule has 3 aliphatic rings. The van der Waals surface area contributed by atoms with E-state index < -0.39 is 0 Å². The highest BCUT2D eigenvalue weighted by atomic mass is 16.5. The van der Waals surface area contributed by atoms with Gasteiger partial charge in [0.2, 0.25) is 0 Å². The molecule has 36 heavy (non-hydrogen) atoms. The number of morpholine rings is 1. The first kappa shape index (κ1) is 23.2. The first-order valence-corrected chi connectivity index (χ1v) is 12.9. The minimum atomic E-state index is 0.0468. The van der Waals surface area contributed by atoms with Crippen LogP contribution in [0.4, 0.5) is 0 Å². The molecule has 0 radical (unpaired) electrons. The van der Waals surface area contributed by atoms with E-state index >= 15 is 0 Å². The lowest BCUT2D eigenvalue weighted by Crippen LogP contribution is -2.49. The summed E-state index contributed by atoms with van der Waals surface area (Å²) in [6, 6.07) is 20.6. The van der Waals surface area contributed by atoms with Gasteiger partial charge in [0.15, 0.2) is 0 Å². The molecule has 2 fully saturated rings. The summed E-state index contributed by atoms with van der Waals surface area (Å²) < 4.78 is 11.5. The van der Waals surface area contributed by atoms with Crippen LogP contribution in [0.3, 0.4) is 0 Å². The summed E-state index contributed by atoms with van der Waals surface area (Å²) in [6.07, 6.45) is 1.87. The van der Waals surface area contributed by atoms with Crippen LogP contribution in [-0.2, 0) is 4.74 Å². The first-order chi connectivity index (χ1) is 17.8. The molecule has 1 atom stereocenters. The van der Waals surface area contributed by atoms with Crippen molar-refractivity contribution in [3.63, 3.8) is 0 Å². The van der Waals surface area contributed by atoms with E-state index in [4.69, 9.17) is 9.47 Å². The normalized spacial score (nSPS) is 20.1. The van der Waals surface area contributed by atoms with Crippen molar-refractivity contribution < 1.29 is 14.3 Å². The molecule has 0 N–H and O–H groups in total. The van der Waals surface area contributed by atoms with E-state index in [-0.39, 0.29) is 11.9 Å². The van der Waals surface area contributed by atoms with Gasteiger partial charge >= 0.3 is 0 Å². The van der Waals surface area contributed by atoms with E-state index in [2.05, 4.69) is 45.1 Å². The molecule has 0 spiro atoms. The van der Waals surface area contributed by atoms with Crippen LogP contribution in [0.1, 0.15) is 27.5 Å². The molecule has 1 aromatic heterocycles. The average molecular weight is 485 g/mol. The number of pyridine rings is 1. The smallest absolute Gasteiger partial charge is 0.257 e. The molecule has 2 aliphatic heterocycles. The Hall–Kier alpha value is -3.26. The third kappa shape index (κ3) is 4.50. The number of para-hydroxylation sites is 1. The summed E-state index contributed by atoms with van der Waals surface area (Å²) in [7, 11) is 0. The Morgan fingerprint density at radius 2 is 1.64 bits per heavy atom. The zero-order valence-corrected chi connectivity index (χ0v) is 20.5. The lowest BCUT2D eigenvalue weighted by atomic mass is 10.0. The predicted molar refractivity (Wildman–Crippen MR) is 138 cm³/mol. The average Bonchev–Trinajstić information content (AvgIpc) is 3.28. The lowest BCUT2D eigenvalue weighted by Gasteiger charge is -2.38. The molecular weight excluding hydrogens is 452 g/mol. The zero-order chi connectivity index (χ0) is 24.3. The molecule has 2 aromatic carbocycles. The number of amides is 1. The van der Waals surface area contributed by atoms with Gasteiger partial charge in [-0.2, -0.15) is 0 Å². The molecule has 186 valence electrons. The maximum atomic E-state index is 13.5. The Morgan fingerprint density at radius 1 is 0.889 bits per heavy atom. The Balaban J connectivity index is 1.11. The molecule has 3 heterocycles. The second-order valence-corrected chi connectivity index (χ2v) is 9.56. The zero-order valence-electron chi connectivity index (χ0n) is 20.5. The summed E-state index contributed by atoms with van der Waals surface area (Å²) >= 11 is 0. The number of rotatable bonds is 6. The third-order valence-corrected chi connectivity index (χ3v) is 7.50. The number of carbonyl (C=O) groups excluding carboxylic acids is 1. The Bertz CT molecular complexity index is 1170. The molecule has 7 nitrogen and oxygen atoms in total. The van der Waals surface area contributed by atoms with Crippen LogP contribution >= 0.6 is 0 Å². The summed E-state index contributed by atoms with van der Waals surface area (Å²) in [6.45, 7) is 7.82. The van der Waals surface area contributed by atoms with Crippen molar-refractivity contribution in [1.82, 2.24) is 19.7 Å². The maximum absolute atomic E-state index is 13.5. The number of ether oxygens (including phenoxy) is 2. The molecule has 2 saturated heterocycles. The van der Waals surface area contributed by atoms with Gasteiger partial charge in [-0.25, -0.2) is 0 Å². The number of aromatic nitrogens is 1. The Morgan fingerprint density at radius 3 is 2.50 bits per heavy atom. The molecule has 0 saturated carbocycles. The lowest BCUT2D eigenvalue weighted by molar-refractivity contribution is 0.0321. The number of fused-ring (bicyclic) bond motifs is 3. The number of piperazine rings is 1. The molecule has 1 unspecified atom stereocenters. The number of nitrogens with zero attached hydrogens (tertiary/aromatic N) is 4. The Labute approximate surface area is 212 Å². The minimum absolute atomic E-state index is 0.0468. The molecule has 7 heteroatoms. The molecule has 0 bridgehead atoms. The van der Waals surface area contributed by atoms with Crippen LogP contribution in [0.2, 0.25) is 0 Å². The van der Waals surface area contributed by atoms with Gasteiger partial charge in [-0.15, -0.1) is 0 Å². The summed E-state index contributed by atoms with van der Waals surface area (Å²) in [5.41, 5.74) is 5.52. The van der Waals surface area contributed by atoms with E-state index in [0.717, 1.165) is 51.6 Å². The van der Waals surface area contributed by atoms with Crippen molar-refractivity contribution in [2.75, 3.05) is 65.6 Å². The molecule has 3 aromatic rings. The van der Waals surface area contributed by atoms with Gasteiger partial charge in [0.1, 0.15) is 12.4 Å². The highest BCUT2D eigenvalue weighted by Gasteiger charge is 2.36. The fourth-order valence-electron chi connectivity index (χ4n) is 5.61. The Kier molecular flexibility index (Phi) is 6.68. The van der Waals surface area contributed by atoms with E-state index in [1.54, 1.807) is 0 Å². The number of carbonyl (C=O) groups is 1. The van der Waals surface area contributed by atoms with Gasteiger partial charge in [0, 0.05) is 63.1 Å². The van der Waals surface area contributed by atoms with E-state index in [0.29, 0.717) is 31.0 Å². The van der Waals surface area contributed by atoms with Crippen LogP contribution < -0.4 is 4.74 Å². The largest absolute Gasteiger partial charge is 0.491 e. The fourth-order valence-corrected chi connectivity index (χ4v) is 5.61. The summed E-state index contributed by atoms with van der Waals surface area (Å²) in [5.74, 6) is 0.716. The van der Waals surface area contributed by atoms with Crippen molar-refractivity contribution in [1.29, 1.82) is 0 Å². The van der Waals surface area contributed by atoms with Crippen molar-refractivity contribution in [2.24, 2.45) is 0 Å². The van der Waals surface area contributed by atoms with Gasteiger partial charge in [-0.3, -0.25) is 19.6 Å². The van der Waals surface area contributed by atoms with Gasteiger partial charge in [0.25, 0.3) is 5.91 Å². The highest BCUT2D eigenvalue weighted by molar-refractivity contribution is 5.97.